The van der Waals surface area contributed by atoms with Gasteiger partial charge < -0.3 is 4.90 Å². The van der Waals surface area contributed by atoms with Crippen LogP contribution in [0.4, 0.5) is 11.4 Å². The molecule has 0 spiro atoms. The molecule has 4 heteroatoms. The van der Waals surface area contributed by atoms with Crippen LogP contribution in [0.5, 0.6) is 0 Å². The Bertz CT molecular complexity index is 1740. The molecule has 1 aliphatic heterocycles. The monoisotopic (exact) mass is 718 g/mol. The zero-order valence-corrected chi connectivity index (χ0v) is 34.7. The van der Waals surface area contributed by atoms with Crippen molar-refractivity contribution < 1.29 is 0 Å². The Morgan fingerprint density at radius 1 is 0.980 bits per heavy atom. The number of unbranched alkanes of at least 4 members (excludes halogenated alkanes) is 3. The Morgan fingerprint density at radius 2 is 1.69 bits per heavy atom. The average Bonchev–Trinajstić information content (AvgIpc) is 3.70. The molecule has 0 N–H and O–H groups in total. The van der Waals surface area contributed by atoms with Gasteiger partial charge in [0.2, 0.25) is 0 Å². The summed E-state index contributed by atoms with van der Waals surface area (Å²) in [7, 11) is 0. The molecule has 0 radical (unpaired) electrons. The molecular weight excluding hydrogens is 657 g/mol. The molecule has 0 fully saturated rings. The van der Waals surface area contributed by atoms with Crippen molar-refractivity contribution in [3.8, 4) is 16.5 Å². The van der Waals surface area contributed by atoms with Gasteiger partial charge >= 0.3 is 0 Å². The third-order valence-electron chi connectivity index (χ3n) is 10.8. The summed E-state index contributed by atoms with van der Waals surface area (Å²) in [5.41, 5.74) is 8.76. The standard InChI is InChI=1S/C47H62N2S2/c1-12-15-16-17-20-38-29-44(51-47(38)43(14-3)50-35(10)27-33(8)28-39(30-48)36(11)31(4)5)37-23-25-40(26-24-37)49-42-22-19-18-21-41(42)45(32(6)7)46(49)34(9)13-2/h14,18-19,21-29,31-32,34,36,45-46H,10,12-13,15-17,20H2,1-9,11H3/b33-27+,39-28+,43-14-. The lowest BCUT2D eigenvalue weighted by Crippen LogP contribution is -2.37. The van der Waals surface area contributed by atoms with Gasteiger partial charge in [-0.1, -0.05) is 136 Å². The maximum absolute atomic E-state index is 9.79. The Morgan fingerprint density at radius 3 is 2.29 bits per heavy atom. The SMILES string of the molecule is C=C(/C=C(C)/C=C(\C#N)C(C)C(C)C)S/C(=C\C)c1sc(-c2ccc(N3c4ccccc4C(C(C)C)C3C(C)CC)cc2)cc1CCCCCC. The van der Waals surface area contributed by atoms with Crippen molar-refractivity contribution in [3.63, 3.8) is 0 Å². The van der Waals surface area contributed by atoms with Gasteiger partial charge in [0.05, 0.1) is 6.07 Å². The van der Waals surface area contributed by atoms with Crippen LogP contribution < -0.4 is 4.90 Å². The first-order valence-electron chi connectivity index (χ1n) is 19.4. The highest BCUT2D eigenvalue weighted by atomic mass is 32.2. The van der Waals surface area contributed by atoms with E-state index in [1.54, 1.807) is 11.8 Å². The number of nitriles is 1. The molecule has 0 saturated heterocycles. The fourth-order valence-electron chi connectivity index (χ4n) is 7.47. The summed E-state index contributed by atoms with van der Waals surface area (Å²) in [6, 6.07) is 23.8. The van der Waals surface area contributed by atoms with E-state index in [0.29, 0.717) is 29.7 Å². The Kier molecular flexibility index (Phi) is 15.1. The van der Waals surface area contributed by atoms with E-state index in [0.717, 1.165) is 28.9 Å². The van der Waals surface area contributed by atoms with Crippen molar-refractivity contribution in [3.05, 3.63) is 111 Å². The maximum Gasteiger partial charge on any atom is 0.0950 e. The Hall–Kier alpha value is -3.26. The number of thioether (sulfide) groups is 1. The molecule has 0 saturated carbocycles. The molecule has 3 aromatic rings. The lowest BCUT2D eigenvalue weighted by Gasteiger charge is -2.36. The van der Waals surface area contributed by atoms with Crippen LogP contribution >= 0.6 is 23.1 Å². The number of allylic oxidation sites excluding steroid dienone is 5. The number of fused-ring (bicyclic) bond motifs is 1. The van der Waals surface area contributed by atoms with E-state index in [1.165, 1.54) is 68.4 Å². The van der Waals surface area contributed by atoms with Crippen LogP contribution in [0.3, 0.4) is 0 Å². The largest absolute Gasteiger partial charge is 0.337 e. The maximum atomic E-state index is 9.79. The minimum Gasteiger partial charge on any atom is -0.337 e. The number of anilines is 2. The third kappa shape index (κ3) is 9.79. The van der Waals surface area contributed by atoms with Crippen LogP contribution in [-0.4, -0.2) is 6.04 Å². The number of para-hydroxylation sites is 1. The zero-order valence-electron chi connectivity index (χ0n) is 33.1. The van der Waals surface area contributed by atoms with Gasteiger partial charge in [0.15, 0.2) is 0 Å². The number of nitrogens with zero attached hydrogens (tertiary/aromatic N) is 2. The summed E-state index contributed by atoms with van der Waals surface area (Å²) in [6.07, 6.45) is 13.6. The number of aryl methyl sites for hydroxylation is 1. The van der Waals surface area contributed by atoms with Crippen molar-refractivity contribution >= 4 is 39.4 Å². The molecule has 272 valence electrons. The van der Waals surface area contributed by atoms with Gasteiger partial charge in [-0.15, -0.1) is 11.3 Å². The molecule has 4 rings (SSSR count). The van der Waals surface area contributed by atoms with Crippen LogP contribution in [-0.2, 0) is 6.42 Å². The minimum absolute atomic E-state index is 0.226. The van der Waals surface area contributed by atoms with Crippen LogP contribution in [0.15, 0.2) is 95.5 Å². The highest BCUT2D eigenvalue weighted by Gasteiger charge is 2.42. The molecule has 1 aromatic heterocycles. The first-order valence-corrected chi connectivity index (χ1v) is 21.0. The molecule has 2 nitrogen and oxygen atoms in total. The quantitative estimate of drug-likeness (QED) is 0.0790. The normalized spacial score (nSPS) is 17.9. The van der Waals surface area contributed by atoms with E-state index in [-0.39, 0.29) is 5.92 Å². The van der Waals surface area contributed by atoms with Gasteiger partial charge in [0.25, 0.3) is 0 Å². The summed E-state index contributed by atoms with van der Waals surface area (Å²) >= 11 is 3.66. The van der Waals surface area contributed by atoms with Crippen molar-refractivity contribution in [1.82, 2.24) is 0 Å². The van der Waals surface area contributed by atoms with Crippen LogP contribution in [0.1, 0.15) is 123 Å². The second kappa shape index (κ2) is 19.0. The Labute approximate surface area is 319 Å². The molecule has 2 aromatic carbocycles. The first-order chi connectivity index (χ1) is 24.4. The predicted octanol–water partition coefficient (Wildman–Crippen LogP) is 15.1. The molecular formula is C47H62N2S2. The lowest BCUT2D eigenvalue weighted by atomic mass is 9.79. The fraction of sp³-hybridized carbons (Fsp3) is 0.468. The summed E-state index contributed by atoms with van der Waals surface area (Å²) in [5, 5.41) is 9.79. The smallest absolute Gasteiger partial charge is 0.0950 e. The summed E-state index contributed by atoms with van der Waals surface area (Å²) in [5.74, 6) is 2.32. The summed E-state index contributed by atoms with van der Waals surface area (Å²) < 4.78 is 0. The molecule has 51 heavy (non-hydrogen) atoms. The molecule has 4 unspecified atom stereocenters. The van der Waals surface area contributed by atoms with E-state index in [4.69, 9.17) is 0 Å². The van der Waals surface area contributed by atoms with Gasteiger partial charge in [-0.25, -0.2) is 0 Å². The van der Waals surface area contributed by atoms with E-state index in [9.17, 15) is 5.26 Å². The van der Waals surface area contributed by atoms with Crippen molar-refractivity contribution in [1.29, 1.82) is 5.26 Å². The van der Waals surface area contributed by atoms with Gasteiger partial charge in [-0.3, -0.25) is 0 Å². The number of thiophene rings is 1. The molecule has 2 heterocycles. The van der Waals surface area contributed by atoms with Crippen LogP contribution in [0, 0.1) is 35.0 Å². The summed E-state index contributed by atoms with van der Waals surface area (Å²) in [6.45, 7) is 26.9. The fourth-order valence-corrected chi connectivity index (χ4v) is 9.78. The minimum atomic E-state index is 0.226. The zero-order chi connectivity index (χ0) is 37.2. The summed E-state index contributed by atoms with van der Waals surface area (Å²) in [4.78, 5) is 7.57. The second-order valence-corrected chi connectivity index (χ2v) is 17.5. The second-order valence-electron chi connectivity index (χ2n) is 15.3. The highest BCUT2D eigenvalue weighted by Crippen LogP contribution is 2.51. The number of hydrogen-bond acceptors (Lipinski definition) is 4. The van der Waals surface area contributed by atoms with Gasteiger partial charge in [-0.05, 0) is 109 Å². The van der Waals surface area contributed by atoms with Crippen molar-refractivity contribution in [2.45, 2.75) is 120 Å². The lowest BCUT2D eigenvalue weighted by molar-refractivity contribution is 0.341. The number of hydrogen-bond donors (Lipinski definition) is 0. The van der Waals surface area contributed by atoms with Gasteiger partial charge in [0, 0.05) is 48.5 Å². The average molecular weight is 719 g/mol. The topological polar surface area (TPSA) is 27.0 Å². The van der Waals surface area contributed by atoms with Gasteiger partial charge in [0.1, 0.15) is 0 Å². The molecule has 4 atom stereocenters. The molecule has 0 bridgehead atoms. The third-order valence-corrected chi connectivity index (χ3v) is 13.3. The van der Waals surface area contributed by atoms with Crippen molar-refractivity contribution in [2.75, 3.05) is 4.90 Å². The molecule has 0 amide bonds. The predicted molar refractivity (Wildman–Crippen MR) is 229 cm³/mol. The Balaban J connectivity index is 1.65. The first kappa shape index (κ1) is 40.5. The van der Waals surface area contributed by atoms with E-state index >= 15 is 0 Å². The molecule has 1 aliphatic rings. The number of benzene rings is 2. The van der Waals surface area contributed by atoms with Gasteiger partial charge in [-0.2, -0.15) is 5.26 Å². The van der Waals surface area contributed by atoms with E-state index in [1.807, 2.05) is 17.4 Å². The molecule has 0 aliphatic carbocycles. The highest BCUT2D eigenvalue weighted by molar-refractivity contribution is 8.12. The van der Waals surface area contributed by atoms with Crippen molar-refractivity contribution in [2.24, 2.45) is 23.7 Å². The number of rotatable bonds is 17. The van der Waals surface area contributed by atoms with Crippen LogP contribution in [0.2, 0.25) is 0 Å². The van der Waals surface area contributed by atoms with E-state index in [2.05, 4.69) is 154 Å². The van der Waals surface area contributed by atoms with E-state index < -0.39 is 0 Å². The van der Waals surface area contributed by atoms with Crippen LogP contribution in [0.25, 0.3) is 15.3 Å².